The number of aromatic amines is 1. The lowest BCUT2D eigenvalue weighted by molar-refractivity contribution is 0.0996. The second-order valence-electron chi connectivity index (χ2n) is 3.84. The Balaban J connectivity index is 2.57. The number of primary amides is 1. The number of hydrogen-bond acceptors (Lipinski definition) is 5. The van der Waals surface area contributed by atoms with Crippen LogP contribution < -0.4 is 5.73 Å². The number of carbonyl (C=O) groups excluding carboxylic acids is 1. The Morgan fingerprint density at radius 2 is 2.18 bits per heavy atom. The Hall–Kier alpha value is -1.96. The fraction of sp³-hybridized carbons (Fsp3) is 0.556. The highest BCUT2D eigenvalue weighted by atomic mass is 16.1. The van der Waals surface area contributed by atoms with Gasteiger partial charge in [-0.15, -0.1) is 5.11 Å². The summed E-state index contributed by atoms with van der Waals surface area (Å²) in [4.78, 5) is 19.5. The van der Waals surface area contributed by atoms with Gasteiger partial charge in [-0.25, -0.2) is 4.98 Å². The quantitative estimate of drug-likeness (QED) is 0.538. The molecule has 3 N–H and O–H groups in total. The van der Waals surface area contributed by atoms with Gasteiger partial charge in [-0.05, 0) is 14.1 Å². The Morgan fingerprint density at radius 1 is 1.47 bits per heavy atom. The number of nitrogens with two attached hydrogens (primary N) is 1. The van der Waals surface area contributed by atoms with Crippen LogP contribution in [0.4, 0.5) is 5.82 Å². The zero-order valence-corrected chi connectivity index (χ0v) is 10.2. The number of amides is 1. The summed E-state index contributed by atoms with van der Waals surface area (Å²) < 4.78 is 0. The molecule has 8 nitrogen and oxygen atoms in total. The molecule has 0 bridgehead atoms. The third kappa shape index (κ3) is 4.19. The molecule has 0 aliphatic carbocycles. The van der Waals surface area contributed by atoms with Crippen molar-refractivity contribution in [1.29, 1.82) is 0 Å². The first-order valence-corrected chi connectivity index (χ1v) is 5.11. The van der Waals surface area contributed by atoms with Crippen molar-refractivity contribution in [3.8, 4) is 0 Å². The van der Waals surface area contributed by atoms with Gasteiger partial charge in [-0.2, -0.15) is 0 Å². The molecule has 0 fully saturated rings. The van der Waals surface area contributed by atoms with Gasteiger partial charge in [-0.3, -0.25) is 9.80 Å². The monoisotopic (exact) mass is 239 g/mol. The van der Waals surface area contributed by atoms with Gasteiger partial charge in [0.25, 0.3) is 5.91 Å². The van der Waals surface area contributed by atoms with E-state index in [2.05, 4.69) is 20.3 Å². The molecule has 17 heavy (non-hydrogen) atoms. The second kappa shape index (κ2) is 5.94. The average molecular weight is 239 g/mol. The number of H-pyrrole nitrogens is 1. The van der Waals surface area contributed by atoms with E-state index in [0.29, 0.717) is 0 Å². The van der Waals surface area contributed by atoms with Gasteiger partial charge < -0.3 is 15.6 Å². The maximum absolute atomic E-state index is 11.0. The van der Waals surface area contributed by atoms with Crippen molar-refractivity contribution < 1.29 is 4.79 Å². The van der Waals surface area contributed by atoms with E-state index in [1.165, 1.54) is 6.33 Å². The summed E-state index contributed by atoms with van der Waals surface area (Å²) >= 11 is 0. The van der Waals surface area contributed by atoms with E-state index in [1.54, 1.807) is 12.1 Å². The van der Waals surface area contributed by atoms with Crippen molar-refractivity contribution >= 4 is 11.7 Å². The first kappa shape index (κ1) is 13.1. The molecule has 94 valence electrons. The van der Waals surface area contributed by atoms with Crippen LogP contribution in [0, 0.1) is 0 Å². The molecule has 8 heteroatoms. The van der Waals surface area contributed by atoms with Crippen LogP contribution in [0.15, 0.2) is 16.7 Å². The molecule has 0 radical (unpaired) electrons. The van der Waals surface area contributed by atoms with E-state index >= 15 is 0 Å². The van der Waals surface area contributed by atoms with E-state index in [4.69, 9.17) is 5.73 Å². The molecule has 1 amide bonds. The average Bonchev–Trinajstić information content (AvgIpc) is 2.71. The van der Waals surface area contributed by atoms with Gasteiger partial charge >= 0.3 is 0 Å². The first-order valence-electron chi connectivity index (χ1n) is 5.11. The molecule has 0 atom stereocenters. The van der Waals surface area contributed by atoms with Gasteiger partial charge in [0, 0.05) is 13.6 Å². The summed E-state index contributed by atoms with van der Waals surface area (Å²) in [5.41, 5.74) is 5.29. The van der Waals surface area contributed by atoms with Crippen molar-refractivity contribution in [3.05, 3.63) is 12.0 Å². The van der Waals surface area contributed by atoms with Crippen LogP contribution in [0.1, 0.15) is 10.5 Å². The molecule has 0 saturated heterocycles. The lowest BCUT2D eigenvalue weighted by Gasteiger charge is -2.14. The van der Waals surface area contributed by atoms with Gasteiger partial charge in [0.05, 0.1) is 12.9 Å². The van der Waals surface area contributed by atoms with Gasteiger partial charge in [-0.1, -0.05) is 5.22 Å². The number of hydrogen-bond donors (Lipinski definition) is 2. The lowest BCUT2D eigenvalue weighted by atomic mass is 10.4. The van der Waals surface area contributed by atoms with Crippen molar-refractivity contribution in [1.82, 2.24) is 19.9 Å². The first-order chi connectivity index (χ1) is 8.00. The standard InChI is InChI=1S/C9H17N7O/c1-15(2)4-5-16(3)14-13-9-7(8(10)17)11-6-12-9/h6H,4-5H2,1-3H3,(H2,10,17)(H,11,12). The Morgan fingerprint density at radius 3 is 2.76 bits per heavy atom. The summed E-state index contributed by atoms with van der Waals surface area (Å²) in [7, 11) is 5.75. The van der Waals surface area contributed by atoms with Crippen LogP contribution in [0.5, 0.6) is 0 Å². The second-order valence-corrected chi connectivity index (χ2v) is 3.84. The van der Waals surface area contributed by atoms with Crippen molar-refractivity contribution in [2.45, 2.75) is 0 Å². The highest BCUT2D eigenvalue weighted by Gasteiger charge is 2.10. The van der Waals surface area contributed by atoms with Crippen LogP contribution in [-0.4, -0.2) is 60.0 Å². The number of nitrogens with one attached hydrogen (secondary N) is 1. The van der Waals surface area contributed by atoms with E-state index in [1.807, 2.05) is 19.0 Å². The van der Waals surface area contributed by atoms with Crippen LogP contribution in [0.3, 0.4) is 0 Å². The van der Waals surface area contributed by atoms with Crippen molar-refractivity contribution in [2.75, 3.05) is 34.2 Å². The van der Waals surface area contributed by atoms with E-state index in [-0.39, 0.29) is 11.5 Å². The number of rotatable bonds is 6. The number of carbonyl (C=O) groups is 1. The zero-order valence-electron chi connectivity index (χ0n) is 10.2. The smallest absolute Gasteiger partial charge is 0.269 e. The van der Waals surface area contributed by atoms with Gasteiger partial charge in [0.2, 0.25) is 5.82 Å². The fourth-order valence-electron chi connectivity index (χ4n) is 1.05. The highest BCUT2D eigenvalue weighted by molar-refractivity contribution is 5.94. The Labute approximate surface area is 99.5 Å². The number of imidazole rings is 1. The van der Waals surface area contributed by atoms with E-state index in [9.17, 15) is 4.79 Å². The predicted molar refractivity (Wildman–Crippen MR) is 62.8 cm³/mol. The largest absolute Gasteiger partial charge is 0.364 e. The molecule has 0 spiro atoms. The van der Waals surface area contributed by atoms with Crippen LogP contribution in [0.2, 0.25) is 0 Å². The van der Waals surface area contributed by atoms with Crippen LogP contribution >= 0.6 is 0 Å². The molecule has 1 heterocycles. The van der Waals surface area contributed by atoms with Crippen LogP contribution in [-0.2, 0) is 0 Å². The van der Waals surface area contributed by atoms with E-state index < -0.39 is 5.91 Å². The Bertz CT molecular complexity index is 398. The summed E-state index contributed by atoms with van der Waals surface area (Å²) in [6.07, 6.45) is 1.36. The van der Waals surface area contributed by atoms with Crippen molar-refractivity contribution in [3.63, 3.8) is 0 Å². The minimum absolute atomic E-state index is 0.162. The van der Waals surface area contributed by atoms with Gasteiger partial charge in [0.15, 0.2) is 5.69 Å². The summed E-state index contributed by atoms with van der Waals surface area (Å²) in [6.45, 7) is 1.59. The molecule has 0 saturated carbocycles. The maximum Gasteiger partial charge on any atom is 0.269 e. The van der Waals surface area contributed by atoms with Crippen LogP contribution in [0.25, 0.3) is 0 Å². The molecule has 0 aliphatic rings. The molecule has 1 rings (SSSR count). The Kier molecular flexibility index (Phi) is 4.58. The third-order valence-corrected chi connectivity index (χ3v) is 2.03. The normalized spacial score (nSPS) is 11.3. The van der Waals surface area contributed by atoms with Crippen molar-refractivity contribution in [2.24, 2.45) is 16.1 Å². The summed E-state index contributed by atoms with van der Waals surface area (Å²) in [5.74, 6) is -0.401. The molecule has 0 aliphatic heterocycles. The molecule has 0 aromatic carbocycles. The third-order valence-electron chi connectivity index (χ3n) is 2.03. The minimum atomic E-state index is -0.604. The number of nitrogens with zero attached hydrogens (tertiary/aromatic N) is 5. The minimum Gasteiger partial charge on any atom is -0.364 e. The molecular formula is C9H17N7O. The molecule has 1 aromatic rings. The number of aromatic nitrogens is 2. The van der Waals surface area contributed by atoms with E-state index in [0.717, 1.165) is 13.1 Å². The maximum atomic E-state index is 11.0. The summed E-state index contributed by atoms with van der Waals surface area (Å²) in [5, 5.41) is 9.44. The summed E-state index contributed by atoms with van der Waals surface area (Å²) in [6, 6.07) is 0. The zero-order chi connectivity index (χ0) is 12.8. The highest BCUT2D eigenvalue weighted by Crippen LogP contribution is 2.13. The SMILES string of the molecule is CN(C)CCN(C)N=Nc1nc[nH]c1C(N)=O. The van der Waals surface area contributed by atoms with Gasteiger partial charge in [0.1, 0.15) is 0 Å². The molecule has 1 aromatic heterocycles. The fourth-order valence-corrected chi connectivity index (χ4v) is 1.05. The predicted octanol–water partition coefficient (Wildman–Crippen LogP) is 0.000700. The number of likely N-dealkylation sites (N-methyl/N-ethyl adjacent to an activating group) is 2. The molecule has 0 unspecified atom stereocenters. The topological polar surface area (TPSA) is 103 Å². The molecular weight excluding hydrogens is 222 g/mol. The lowest BCUT2D eigenvalue weighted by Crippen LogP contribution is -2.24.